The molecule has 140 valence electrons. The van der Waals surface area contributed by atoms with Crippen molar-refractivity contribution in [3.05, 3.63) is 53.9 Å². The van der Waals surface area contributed by atoms with Crippen LogP contribution >= 0.6 is 0 Å². The number of rotatable bonds is 4. The Kier molecular flexibility index (Phi) is 4.83. The summed E-state index contributed by atoms with van der Waals surface area (Å²) in [5.74, 6) is -0.799. The largest absolute Gasteiger partial charge is 0.416 e. The fraction of sp³-hybridized carbons (Fsp3) is 0.353. The highest BCUT2D eigenvalue weighted by Gasteiger charge is 2.32. The van der Waals surface area contributed by atoms with Crippen molar-refractivity contribution in [2.45, 2.75) is 12.6 Å². The first-order valence-electron chi connectivity index (χ1n) is 7.98. The summed E-state index contributed by atoms with van der Waals surface area (Å²) in [6.45, 7) is 0.118. The average molecular weight is 386 g/mol. The summed E-state index contributed by atoms with van der Waals surface area (Å²) in [6, 6.07) is 6.48. The Labute approximate surface area is 148 Å². The van der Waals surface area contributed by atoms with E-state index in [9.17, 15) is 26.4 Å². The molecule has 1 aliphatic rings. The molecule has 1 aromatic carbocycles. The van der Waals surface area contributed by atoms with E-state index in [1.165, 1.54) is 10.6 Å². The maximum Gasteiger partial charge on any atom is 0.416 e. The fourth-order valence-corrected chi connectivity index (χ4v) is 4.80. The zero-order valence-corrected chi connectivity index (χ0v) is 14.5. The fourth-order valence-electron chi connectivity index (χ4n) is 2.93. The summed E-state index contributed by atoms with van der Waals surface area (Å²) >= 11 is 0. The zero-order valence-electron chi connectivity index (χ0n) is 13.7. The van der Waals surface area contributed by atoms with Gasteiger partial charge in [0.1, 0.15) is 0 Å². The van der Waals surface area contributed by atoms with Crippen molar-refractivity contribution in [1.29, 1.82) is 0 Å². The molecule has 0 radical (unpaired) electrons. The predicted octanol–water partition coefficient (Wildman–Crippen LogP) is 2.66. The normalized spacial score (nSPS) is 19.4. The first kappa shape index (κ1) is 18.5. The molecule has 5 nitrogen and oxygen atoms in total. The van der Waals surface area contributed by atoms with Gasteiger partial charge in [-0.1, -0.05) is 0 Å². The second kappa shape index (κ2) is 6.79. The Hall–Kier alpha value is -2.29. The lowest BCUT2D eigenvalue weighted by Crippen LogP contribution is -2.30. The van der Waals surface area contributed by atoms with Gasteiger partial charge >= 0.3 is 6.18 Å². The van der Waals surface area contributed by atoms with Crippen LogP contribution in [-0.4, -0.2) is 36.9 Å². The first-order chi connectivity index (χ1) is 12.1. The van der Waals surface area contributed by atoms with Crippen LogP contribution in [0.1, 0.15) is 22.3 Å². The van der Waals surface area contributed by atoms with E-state index in [4.69, 9.17) is 0 Å². The molecule has 1 aromatic heterocycles. The van der Waals surface area contributed by atoms with Crippen molar-refractivity contribution in [2.75, 3.05) is 18.1 Å². The van der Waals surface area contributed by atoms with Crippen LogP contribution in [0, 0.1) is 5.92 Å². The van der Waals surface area contributed by atoms with Crippen LogP contribution in [0.25, 0.3) is 5.69 Å². The minimum Gasteiger partial charge on any atom is -0.352 e. The number of halogens is 3. The standard InChI is InChI=1S/C17H17F3N2O3S/c18-17(19,20)14-7-13(8-15(9-14)22-4-1-2-5-22)16(23)21-10-12-3-6-26(24,25)11-12/h1-2,4-5,7-9,12H,3,6,10-11H2,(H,21,23). The molecule has 26 heavy (non-hydrogen) atoms. The van der Waals surface area contributed by atoms with Gasteiger partial charge in [-0.2, -0.15) is 13.2 Å². The van der Waals surface area contributed by atoms with Crippen molar-refractivity contribution < 1.29 is 26.4 Å². The van der Waals surface area contributed by atoms with Gasteiger partial charge in [-0.15, -0.1) is 0 Å². The van der Waals surface area contributed by atoms with Crippen molar-refractivity contribution in [3.63, 3.8) is 0 Å². The molecule has 0 spiro atoms. The van der Waals surface area contributed by atoms with E-state index in [0.717, 1.165) is 12.1 Å². The Balaban J connectivity index is 1.81. The monoisotopic (exact) mass is 386 g/mol. The maximum atomic E-state index is 13.2. The Bertz CT molecular complexity index is 906. The second-order valence-electron chi connectivity index (χ2n) is 6.34. The van der Waals surface area contributed by atoms with Gasteiger partial charge in [0.05, 0.1) is 17.1 Å². The number of carbonyl (C=O) groups excluding carboxylic acids is 1. The van der Waals surface area contributed by atoms with Gasteiger partial charge in [-0.05, 0) is 42.7 Å². The van der Waals surface area contributed by atoms with E-state index in [-0.39, 0.29) is 35.2 Å². The maximum absolute atomic E-state index is 13.2. The molecule has 1 atom stereocenters. The van der Waals surface area contributed by atoms with Gasteiger partial charge in [0.15, 0.2) is 9.84 Å². The minimum absolute atomic E-state index is 0.00944. The van der Waals surface area contributed by atoms with Crippen LogP contribution in [0.4, 0.5) is 13.2 Å². The Morgan fingerprint density at radius 3 is 2.46 bits per heavy atom. The van der Waals surface area contributed by atoms with Gasteiger partial charge in [0, 0.05) is 30.2 Å². The third kappa shape index (κ3) is 4.27. The third-order valence-corrected chi connectivity index (χ3v) is 6.12. The molecule has 0 aliphatic carbocycles. The van der Waals surface area contributed by atoms with Gasteiger partial charge in [0.25, 0.3) is 5.91 Å². The number of nitrogens with zero attached hydrogens (tertiary/aromatic N) is 1. The average Bonchev–Trinajstić information content (AvgIpc) is 3.21. The molecule has 1 N–H and O–H groups in total. The smallest absolute Gasteiger partial charge is 0.352 e. The number of benzene rings is 1. The molecule has 0 saturated carbocycles. The quantitative estimate of drug-likeness (QED) is 0.879. The van der Waals surface area contributed by atoms with Crippen LogP contribution < -0.4 is 5.32 Å². The number of alkyl halides is 3. The van der Waals surface area contributed by atoms with E-state index in [1.807, 2.05) is 0 Å². The molecular formula is C17H17F3N2O3S. The van der Waals surface area contributed by atoms with Crippen LogP contribution in [0.5, 0.6) is 0 Å². The predicted molar refractivity (Wildman–Crippen MR) is 89.9 cm³/mol. The van der Waals surface area contributed by atoms with Crippen molar-refractivity contribution in [2.24, 2.45) is 5.92 Å². The number of hydrogen-bond acceptors (Lipinski definition) is 3. The summed E-state index contributed by atoms with van der Waals surface area (Å²) in [5.41, 5.74) is -0.819. The summed E-state index contributed by atoms with van der Waals surface area (Å²) < 4.78 is 63.9. The molecule has 0 bridgehead atoms. The molecule has 2 aromatic rings. The molecule has 3 rings (SSSR count). The summed E-state index contributed by atoms with van der Waals surface area (Å²) in [4.78, 5) is 12.3. The molecule has 1 aliphatic heterocycles. The number of aromatic nitrogens is 1. The van der Waals surface area contributed by atoms with E-state index >= 15 is 0 Å². The molecule has 1 fully saturated rings. The number of hydrogen-bond donors (Lipinski definition) is 1. The first-order valence-corrected chi connectivity index (χ1v) is 9.80. The van der Waals surface area contributed by atoms with Crippen LogP contribution in [-0.2, 0) is 16.0 Å². The van der Waals surface area contributed by atoms with E-state index < -0.39 is 27.5 Å². The summed E-state index contributed by atoms with van der Waals surface area (Å²) in [5, 5.41) is 2.55. The SMILES string of the molecule is O=C(NCC1CCS(=O)(=O)C1)c1cc(-n2cccc2)cc(C(F)(F)F)c1. The van der Waals surface area contributed by atoms with Gasteiger partial charge in [-0.25, -0.2) is 8.42 Å². The lowest BCUT2D eigenvalue weighted by Gasteiger charge is -2.14. The van der Waals surface area contributed by atoms with Gasteiger partial charge in [-0.3, -0.25) is 4.79 Å². The van der Waals surface area contributed by atoms with Crippen LogP contribution in [0.3, 0.4) is 0 Å². The molecule has 1 amide bonds. The number of amides is 1. The number of nitrogens with one attached hydrogen (secondary N) is 1. The highest BCUT2D eigenvalue weighted by atomic mass is 32.2. The molecule has 2 heterocycles. The Morgan fingerprint density at radius 2 is 1.88 bits per heavy atom. The number of carbonyl (C=O) groups is 1. The van der Waals surface area contributed by atoms with Crippen molar-refractivity contribution >= 4 is 15.7 Å². The third-order valence-electron chi connectivity index (χ3n) is 4.29. The van der Waals surface area contributed by atoms with Gasteiger partial charge < -0.3 is 9.88 Å². The lowest BCUT2D eigenvalue weighted by molar-refractivity contribution is -0.137. The van der Waals surface area contributed by atoms with E-state index in [0.29, 0.717) is 6.42 Å². The van der Waals surface area contributed by atoms with Crippen LogP contribution in [0.15, 0.2) is 42.7 Å². The zero-order chi connectivity index (χ0) is 18.9. The molecular weight excluding hydrogens is 369 g/mol. The molecule has 1 unspecified atom stereocenters. The van der Waals surface area contributed by atoms with Gasteiger partial charge in [0.2, 0.25) is 0 Å². The second-order valence-corrected chi connectivity index (χ2v) is 8.56. The Morgan fingerprint density at radius 1 is 1.19 bits per heavy atom. The molecule has 9 heteroatoms. The lowest BCUT2D eigenvalue weighted by atomic mass is 10.1. The van der Waals surface area contributed by atoms with E-state index in [1.54, 1.807) is 24.5 Å². The highest BCUT2D eigenvalue weighted by Crippen LogP contribution is 2.31. The topological polar surface area (TPSA) is 68.2 Å². The van der Waals surface area contributed by atoms with Crippen molar-refractivity contribution in [1.82, 2.24) is 9.88 Å². The summed E-state index contributed by atoms with van der Waals surface area (Å²) in [6.07, 6.45) is -0.974. The van der Waals surface area contributed by atoms with Crippen LogP contribution in [0.2, 0.25) is 0 Å². The van der Waals surface area contributed by atoms with E-state index in [2.05, 4.69) is 5.32 Å². The highest BCUT2D eigenvalue weighted by molar-refractivity contribution is 7.91. The van der Waals surface area contributed by atoms with Crippen molar-refractivity contribution in [3.8, 4) is 5.69 Å². The minimum atomic E-state index is -4.59. The number of sulfone groups is 1. The molecule has 1 saturated heterocycles. The summed E-state index contributed by atoms with van der Waals surface area (Å²) in [7, 11) is -3.07.